The molecule has 0 radical (unpaired) electrons. The predicted octanol–water partition coefficient (Wildman–Crippen LogP) is 2.80. The van der Waals surface area contributed by atoms with Crippen LogP contribution in [0.5, 0.6) is 11.8 Å². The van der Waals surface area contributed by atoms with Crippen molar-refractivity contribution in [1.29, 1.82) is 0 Å². The zero-order chi connectivity index (χ0) is 15.8. The smallest absolute Gasteiger partial charge is 0.306 e. The van der Waals surface area contributed by atoms with Gasteiger partial charge in [-0.25, -0.2) is 4.98 Å². The minimum atomic E-state index is -0.174. The van der Waals surface area contributed by atoms with Crippen LogP contribution in [0.3, 0.4) is 0 Å². The van der Waals surface area contributed by atoms with Crippen molar-refractivity contribution in [1.82, 2.24) is 24.5 Å². The van der Waals surface area contributed by atoms with E-state index >= 15 is 0 Å². The summed E-state index contributed by atoms with van der Waals surface area (Å²) in [5, 5.41) is 1.03. The Morgan fingerprint density at radius 1 is 1.26 bits per heavy atom. The standard InChI is InChI=1S/C16H15N5O2/c1-2-7-21-15(22)13-14(19-9-18-13)20-16(21)23-11-3-4-12-10(8-11)5-6-17-12/h3-6,8-9,17H,2,7H2,1H3,(H,18,19). The third-order valence-electron chi connectivity index (χ3n) is 3.69. The summed E-state index contributed by atoms with van der Waals surface area (Å²) >= 11 is 0. The Balaban J connectivity index is 1.83. The van der Waals surface area contributed by atoms with Gasteiger partial charge in [-0.2, -0.15) is 4.98 Å². The minimum Gasteiger partial charge on any atom is -0.425 e. The van der Waals surface area contributed by atoms with Gasteiger partial charge in [0.2, 0.25) is 0 Å². The van der Waals surface area contributed by atoms with Gasteiger partial charge in [0.05, 0.1) is 6.33 Å². The third kappa shape index (κ3) is 2.26. The van der Waals surface area contributed by atoms with Crippen molar-refractivity contribution in [2.24, 2.45) is 0 Å². The lowest BCUT2D eigenvalue weighted by molar-refractivity contribution is 0.399. The number of rotatable bonds is 4. The predicted molar refractivity (Wildman–Crippen MR) is 86.8 cm³/mol. The molecule has 3 aromatic heterocycles. The molecule has 7 nitrogen and oxygen atoms in total. The van der Waals surface area contributed by atoms with E-state index in [1.807, 2.05) is 37.4 Å². The lowest BCUT2D eigenvalue weighted by atomic mass is 10.2. The summed E-state index contributed by atoms with van der Waals surface area (Å²) in [4.78, 5) is 26.9. The fourth-order valence-corrected chi connectivity index (χ4v) is 2.60. The molecule has 0 bridgehead atoms. The van der Waals surface area contributed by atoms with Crippen molar-refractivity contribution >= 4 is 22.1 Å². The second-order valence-electron chi connectivity index (χ2n) is 5.28. The van der Waals surface area contributed by atoms with Gasteiger partial charge in [0, 0.05) is 23.6 Å². The molecule has 0 spiro atoms. The molecule has 0 fully saturated rings. The van der Waals surface area contributed by atoms with E-state index in [-0.39, 0.29) is 11.6 Å². The van der Waals surface area contributed by atoms with Crippen LogP contribution in [-0.2, 0) is 6.54 Å². The maximum atomic E-state index is 12.5. The van der Waals surface area contributed by atoms with Gasteiger partial charge in [-0.05, 0) is 30.7 Å². The zero-order valence-electron chi connectivity index (χ0n) is 12.5. The average molecular weight is 309 g/mol. The molecule has 1 aromatic carbocycles. The van der Waals surface area contributed by atoms with E-state index in [4.69, 9.17) is 4.74 Å². The van der Waals surface area contributed by atoms with Crippen molar-refractivity contribution in [2.45, 2.75) is 19.9 Å². The second-order valence-corrected chi connectivity index (χ2v) is 5.28. The lowest BCUT2D eigenvalue weighted by Gasteiger charge is -2.11. The molecular formula is C16H15N5O2. The number of hydrogen-bond acceptors (Lipinski definition) is 4. The molecule has 3 heterocycles. The highest BCUT2D eigenvalue weighted by Gasteiger charge is 2.14. The molecule has 0 atom stereocenters. The van der Waals surface area contributed by atoms with E-state index in [1.165, 1.54) is 10.9 Å². The largest absolute Gasteiger partial charge is 0.425 e. The van der Waals surface area contributed by atoms with Gasteiger partial charge in [-0.3, -0.25) is 9.36 Å². The molecule has 116 valence electrons. The highest BCUT2D eigenvalue weighted by atomic mass is 16.5. The van der Waals surface area contributed by atoms with Gasteiger partial charge in [-0.1, -0.05) is 6.92 Å². The maximum Gasteiger partial charge on any atom is 0.306 e. The minimum absolute atomic E-state index is 0.174. The van der Waals surface area contributed by atoms with E-state index in [2.05, 4.69) is 19.9 Å². The van der Waals surface area contributed by atoms with Crippen LogP contribution < -0.4 is 10.3 Å². The average Bonchev–Trinajstić information content (AvgIpc) is 3.19. The van der Waals surface area contributed by atoms with Crippen LogP contribution in [0, 0.1) is 0 Å². The molecule has 0 amide bonds. The Bertz CT molecular complexity index is 1040. The fraction of sp³-hybridized carbons (Fsp3) is 0.188. The Morgan fingerprint density at radius 2 is 2.17 bits per heavy atom. The Hall–Kier alpha value is -3.09. The number of aromatic amines is 2. The first-order chi connectivity index (χ1) is 11.3. The first-order valence-corrected chi connectivity index (χ1v) is 7.45. The van der Waals surface area contributed by atoms with Crippen molar-refractivity contribution in [2.75, 3.05) is 0 Å². The number of nitrogens with zero attached hydrogens (tertiary/aromatic N) is 3. The number of imidazole rings is 1. The van der Waals surface area contributed by atoms with Crippen LogP contribution in [0.1, 0.15) is 13.3 Å². The number of nitrogens with one attached hydrogen (secondary N) is 2. The molecule has 0 aliphatic heterocycles. The van der Waals surface area contributed by atoms with Gasteiger partial charge in [0.1, 0.15) is 5.75 Å². The summed E-state index contributed by atoms with van der Waals surface area (Å²) in [6.07, 6.45) is 4.13. The summed E-state index contributed by atoms with van der Waals surface area (Å²) in [5.41, 5.74) is 1.61. The van der Waals surface area contributed by atoms with Crippen molar-refractivity contribution < 1.29 is 4.74 Å². The molecular weight excluding hydrogens is 294 g/mol. The highest BCUT2D eigenvalue weighted by molar-refractivity contribution is 5.80. The molecule has 0 aliphatic rings. The molecule has 7 heteroatoms. The van der Waals surface area contributed by atoms with Gasteiger partial charge in [-0.15, -0.1) is 0 Å². The molecule has 2 N–H and O–H groups in total. The van der Waals surface area contributed by atoms with Crippen LogP contribution in [0.4, 0.5) is 0 Å². The molecule has 0 saturated heterocycles. The van der Waals surface area contributed by atoms with E-state index in [9.17, 15) is 4.79 Å². The Morgan fingerprint density at radius 3 is 3.04 bits per heavy atom. The molecule has 0 saturated carbocycles. The maximum absolute atomic E-state index is 12.5. The fourth-order valence-electron chi connectivity index (χ4n) is 2.60. The molecule has 0 unspecified atom stereocenters. The zero-order valence-corrected chi connectivity index (χ0v) is 12.5. The van der Waals surface area contributed by atoms with Gasteiger partial charge in [0.15, 0.2) is 11.2 Å². The van der Waals surface area contributed by atoms with Crippen LogP contribution in [0.25, 0.3) is 22.1 Å². The summed E-state index contributed by atoms with van der Waals surface area (Å²) < 4.78 is 7.41. The second kappa shape index (κ2) is 5.28. The normalized spacial score (nSPS) is 11.3. The summed E-state index contributed by atoms with van der Waals surface area (Å²) in [5.74, 6) is 0.628. The quantitative estimate of drug-likeness (QED) is 0.606. The number of fused-ring (bicyclic) bond motifs is 2. The Kier molecular flexibility index (Phi) is 3.11. The van der Waals surface area contributed by atoms with Crippen LogP contribution in [0.2, 0.25) is 0 Å². The third-order valence-corrected chi connectivity index (χ3v) is 3.69. The Labute approximate surface area is 131 Å². The van der Waals surface area contributed by atoms with Crippen LogP contribution in [0.15, 0.2) is 41.6 Å². The van der Waals surface area contributed by atoms with Gasteiger partial charge < -0.3 is 14.7 Å². The highest BCUT2D eigenvalue weighted by Crippen LogP contribution is 2.24. The van der Waals surface area contributed by atoms with Crippen LogP contribution in [-0.4, -0.2) is 24.5 Å². The summed E-state index contributed by atoms with van der Waals surface area (Å²) in [7, 11) is 0. The number of H-pyrrole nitrogens is 2. The molecule has 4 aromatic rings. The van der Waals surface area contributed by atoms with Crippen molar-refractivity contribution in [3.63, 3.8) is 0 Å². The lowest BCUT2D eigenvalue weighted by Crippen LogP contribution is -2.23. The summed E-state index contributed by atoms with van der Waals surface area (Å²) in [6, 6.07) is 7.90. The monoisotopic (exact) mass is 309 g/mol. The summed E-state index contributed by atoms with van der Waals surface area (Å²) in [6.45, 7) is 2.53. The molecule has 23 heavy (non-hydrogen) atoms. The molecule has 0 aliphatic carbocycles. The molecule has 4 rings (SSSR count). The van der Waals surface area contributed by atoms with Gasteiger partial charge in [0.25, 0.3) is 5.56 Å². The SMILES string of the molecule is CCCn1c(Oc2ccc3[nH]ccc3c2)nc2nc[nH]c2c1=O. The number of ether oxygens (including phenoxy) is 1. The van der Waals surface area contributed by atoms with Crippen LogP contribution >= 0.6 is 0 Å². The van der Waals surface area contributed by atoms with Crippen molar-refractivity contribution in [3.8, 4) is 11.8 Å². The number of hydrogen-bond donors (Lipinski definition) is 2. The first kappa shape index (κ1) is 13.6. The van der Waals surface area contributed by atoms with E-state index < -0.39 is 0 Å². The topological polar surface area (TPSA) is 88.6 Å². The van der Waals surface area contributed by atoms with E-state index in [0.29, 0.717) is 23.5 Å². The van der Waals surface area contributed by atoms with Crippen molar-refractivity contribution in [3.05, 3.63) is 47.1 Å². The number of benzene rings is 1. The van der Waals surface area contributed by atoms with E-state index in [1.54, 1.807) is 0 Å². The first-order valence-electron chi connectivity index (χ1n) is 7.45. The van der Waals surface area contributed by atoms with E-state index in [0.717, 1.165) is 17.3 Å². The van der Waals surface area contributed by atoms with Gasteiger partial charge >= 0.3 is 6.01 Å². The number of aromatic nitrogens is 5.